The molecule has 9 heteroatoms. The molecule has 0 aromatic carbocycles. The van der Waals surface area contributed by atoms with E-state index in [1.165, 1.54) is 11.8 Å². The number of carbonyl (C=O) groups excluding carboxylic acids is 1. The van der Waals surface area contributed by atoms with E-state index in [0.717, 1.165) is 16.5 Å². The molecular weight excluding hydrogens is 370 g/mol. The highest BCUT2D eigenvalue weighted by Gasteiger charge is 2.23. The van der Waals surface area contributed by atoms with Gasteiger partial charge in [-0.3, -0.25) is 9.78 Å². The third-order valence-electron chi connectivity index (χ3n) is 3.71. The average molecular weight is 383 g/mol. The number of furan rings is 1. The van der Waals surface area contributed by atoms with Crippen LogP contribution in [0.15, 0.2) is 40.2 Å². The maximum Gasteiger partial charge on any atom is 0.263 e. The summed E-state index contributed by atoms with van der Waals surface area (Å²) in [5, 5.41) is 3.42. The van der Waals surface area contributed by atoms with Gasteiger partial charge in [0.2, 0.25) is 5.95 Å². The van der Waals surface area contributed by atoms with E-state index >= 15 is 0 Å². The van der Waals surface area contributed by atoms with Crippen LogP contribution in [0, 0.1) is 0 Å². The number of anilines is 1. The van der Waals surface area contributed by atoms with Gasteiger partial charge in [-0.05, 0) is 6.07 Å². The Morgan fingerprint density at radius 1 is 1.23 bits per heavy atom. The topological polar surface area (TPSA) is 84.2 Å². The largest absolute Gasteiger partial charge is 0.456 e. The molecule has 1 amide bonds. The first-order valence-electron chi connectivity index (χ1n) is 7.63. The van der Waals surface area contributed by atoms with Crippen molar-refractivity contribution in [3.05, 3.63) is 41.5 Å². The van der Waals surface area contributed by atoms with Crippen molar-refractivity contribution in [3.8, 4) is 11.1 Å². The number of rotatable bonds is 3. The van der Waals surface area contributed by atoms with E-state index in [0.29, 0.717) is 26.5 Å². The molecule has 4 rings (SSSR count). The first-order valence-corrected chi connectivity index (χ1v) is 8.86. The molecule has 4 heterocycles. The molecule has 0 atom stereocenters. The van der Waals surface area contributed by atoms with Crippen LogP contribution in [-0.2, 0) is 4.79 Å². The highest BCUT2D eigenvalue weighted by Crippen LogP contribution is 2.32. The van der Waals surface area contributed by atoms with Crippen LogP contribution < -0.4 is 10.2 Å². The smallest absolute Gasteiger partial charge is 0.263 e. The van der Waals surface area contributed by atoms with Crippen LogP contribution in [-0.4, -0.2) is 39.3 Å². The zero-order valence-electron chi connectivity index (χ0n) is 13.9. The van der Waals surface area contributed by atoms with Gasteiger partial charge in [-0.15, -0.1) is 0 Å². The number of thioether (sulfide) groups is 1. The first-order chi connectivity index (χ1) is 12.5. The molecule has 3 aromatic heterocycles. The molecule has 7 nitrogen and oxygen atoms in total. The number of fused-ring (bicyclic) bond motifs is 1. The van der Waals surface area contributed by atoms with Crippen molar-refractivity contribution in [2.75, 3.05) is 19.0 Å². The number of nitrogens with zero attached hydrogens (tertiary/aromatic N) is 4. The van der Waals surface area contributed by atoms with E-state index in [-0.39, 0.29) is 5.91 Å². The third kappa shape index (κ3) is 3.06. The second-order valence-electron chi connectivity index (χ2n) is 5.77. The minimum absolute atomic E-state index is 0.216. The van der Waals surface area contributed by atoms with Gasteiger partial charge in [0.15, 0.2) is 0 Å². The lowest BCUT2D eigenvalue weighted by Gasteiger charge is -2.09. The summed E-state index contributed by atoms with van der Waals surface area (Å²) in [6.07, 6.45) is 8.57. The van der Waals surface area contributed by atoms with Crippen molar-refractivity contribution < 1.29 is 9.21 Å². The Kier molecular flexibility index (Phi) is 4.17. The Morgan fingerprint density at radius 2 is 2.00 bits per heavy atom. The summed E-state index contributed by atoms with van der Waals surface area (Å²) in [5.41, 5.74) is 2.26. The van der Waals surface area contributed by atoms with Crippen LogP contribution in [0.1, 0.15) is 5.76 Å². The molecule has 26 heavy (non-hydrogen) atoms. The van der Waals surface area contributed by atoms with Crippen molar-refractivity contribution in [1.82, 2.24) is 20.3 Å². The summed E-state index contributed by atoms with van der Waals surface area (Å²) in [5.74, 6) is 0.966. The Labute approximate surface area is 158 Å². The summed E-state index contributed by atoms with van der Waals surface area (Å²) in [6, 6.07) is 1.84. The number of thiocarbonyl (C=S) groups is 1. The van der Waals surface area contributed by atoms with Crippen molar-refractivity contribution in [2.45, 2.75) is 0 Å². The number of amides is 1. The van der Waals surface area contributed by atoms with Gasteiger partial charge in [-0.25, -0.2) is 9.97 Å². The quantitative estimate of drug-likeness (QED) is 0.546. The van der Waals surface area contributed by atoms with Gasteiger partial charge in [0.25, 0.3) is 5.91 Å². The van der Waals surface area contributed by atoms with Crippen LogP contribution in [0.4, 0.5) is 5.95 Å². The predicted octanol–water partition coefficient (Wildman–Crippen LogP) is 2.84. The highest BCUT2D eigenvalue weighted by molar-refractivity contribution is 8.26. The SMILES string of the molecule is CN(C)c1ncc(-c2cncc3cc(/C=C4\SC(=S)NC4=O)oc23)cn1. The highest BCUT2D eigenvalue weighted by atomic mass is 32.2. The minimum Gasteiger partial charge on any atom is -0.456 e. The fraction of sp³-hybridized carbons (Fsp3) is 0.118. The van der Waals surface area contributed by atoms with Gasteiger partial charge in [-0.2, -0.15) is 0 Å². The fourth-order valence-corrected chi connectivity index (χ4v) is 3.52. The molecule has 130 valence electrons. The average Bonchev–Trinajstić information content (AvgIpc) is 3.17. The normalized spacial score (nSPS) is 15.7. The lowest BCUT2D eigenvalue weighted by molar-refractivity contribution is -0.115. The Morgan fingerprint density at radius 3 is 2.65 bits per heavy atom. The van der Waals surface area contributed by atoms with Crippen LogP contribution in [0.5, 0.6) is 0 Å². The molecule has 1 N–H and O–H groups in total. The molecule has 3 aromatic rings. The summed E-state index contributed by atoms with van der Waals surface area (Å²) < 4.78 is 6.40. The number of hydrogen-bond acceptors (Lipinski definition) is 8. The summed E-state index contributed by atoms with van der Waals surface area (Å²) in [6.45, 7) is 0. The Hall–Kier alpha value is -2.78. The lowest BCUT2D eigenvalue weighted by atomic mass is 10.1. The summed E-state index contributed by atoms with van der Waals surface area (Å²) in [4.78, 5) is 27.1. The van der Waals surface area contributed by atoms with Gasteiger partial charge < -0.3 is 14.6 Å². The maximum atomic E-state index is 11.8. The maximum absolute atomic E-state index is 11.8. The van der Waals surface area contributed by atoms with E-state index in [1.807, 2.05) is 25.1 Å². The van der Waals surface area contributed by atoms with Crippen LogP contribution in [0.25, 0.3) is 28.2 Å². The van der Waals surface area contributed by atoms with E-state index in [4.69, 9.17) is 16.6 Å². The summed E-state index contributed by atoms with van der Waals surface area (Å²) >= 11 is 6.21. The number of hydrogen-bond donors (Lipinski definition) is 1. The second-order valence-corrected chi connectivity index (χ2v) is 7.49. The van der Waals surface area contributed by atoms with Crippen LogP contribution in [0.3, 0.4) is 0 Å². The number of nitrogens with one attached hydrogen (secondary N) is 1. The molecule has 0 saturated carbocycles. The zero-order chi connectivity index (χ0) is 18.3. The zero-order valence-corrected chi connectivity index (χ0v) is 15.5. The molecule has 0 spiro atoms. The molecule has 0 radical (unpaired) electrons. The second kappa shape index (κ2) is 6.50. The molecule has 0 unspecified atom stereocenters. The van der Waals surface area contributed by atoms with Gasteiger partial charge in [0.1, 0.15) is 15.7 Å². The van der Waals surface area contributed by atoms with E-state index in [9.17, 15) is 4.79 Å². The van der Waals surface area contributed by atoms with Crippen LogP contribution in [0.2, 0.25) is 0 Å². The van der Waals surface area contributed by atoms with Gasteiger partial charge in [-0.1, -0.05) is 24.0 Å². The number of carbonyl (C=O) groups is 1. The number of pyridine rings is 1. The Balaban J connectivity index is 1.75. The Bertz CT molecular complexity index is 1060. The van der Waals surface area contributed by atoms with E-state index in [2.05, 4.69) is 20.3 Å². The molecule has 1 fully saturated rings. The molecule has 1 aliphatic rings. The molecular formula is C17H13N5O2S2. The van der Waals surface area contributed by atoms with Crippen molar-refractivity contribution in [3.63, 3.8) is 0 Å². The van der Waals surface area contributed by atoms with E-state index < -0.39 is 0 Å². The minimum atomic E-state index is -0.216. The molecule has 0 bridgehead atoms. The predicted molar refractivity (Wildman–Crippen MR) is 106 cm³/mol. The molecule has 0 aliphatic carbocycles. The van der Waals surface area contributed by atoms with Gasteiger partial charge in [0.05, 0.1) is 4.91 Å². The molecule has 1 saturated heterocycles. The van der Waals surface area contributed by atoms with Crippen molar-refractivity contribution in [1.29, 1.82) is 0 Å². The summed E-state index contributed by atoms with van der Waals surface area (Å²) in [7, 11) is 3.76. The van der Waals surface area contributed by atoms with Gasteiger partial charge in [0, 0.05) is 61.5 Å². The standard InChI is InChI=1S/C17H13N5O2S2/c1-22(2)16-19-6-10(7-20-16)12-8-18-5-9-3-11(24-14(9)12)4-13-15(23)21-17(25)26-13/h3-8H,1-2H3,(H,21,23,25)/b13-4-. The van der Waals surface area contributed by atoms with Gasteiger partial charge >= 0.3 is 0 Å². The van der Waals surface area contributed by atoms with Crippen molar-refractivity contribution in [2.24, 2.45) is 0 Å². The lowest BCUT2D eigenvalue weighted by Crippen LogP contribution is -2.17. The monoisotopic (exact) mass is 383 g/mol. The van der Waals surface area contributed by atoms with Crippen LogP contribution >= 0.6 is 24.0 Å². The van der Waals surface area contributed by atoms with Crippen molar-refractivity contribution >= 4 is 57.2 Å². The third-order valence-corrected chi connectivity index (χ3v) is 4.87. The first kappa shape index (κ1) is 16.7. The fourth-order valence-electron chi connectivity index (χ4n) is 2.50. The number of aromatic nitrogens is 3. The molecule has 1 aliphatic heterocycles. The van der Waals surface area contributed by atoms with E-state index in [1.54, 1.807) is 30.9 Å².